The van der Waals surface area contributed by atoms with Crippen molar-refractivity contribution < 1.29 is 13.2 Å². The number of tetrazole rings is 1. The van der Waals surface area contributed by atoms with Crippen LogP contribution in [0.2, 0.25) is 5.02 Å². The summed E-state index contributed by atoms with van der Waals surface area (Å²) in [5, 5.41) is 12.7. The molecule has 0 spiro atoms. The third-order valence-corrected chi connectivity index (χ3v) is 7.88. The second kappa shape index (κ2) is 9.35. The fourth-order valence-electron chi connectivity index (χ4n) is 3.15. The van der Waals surface area contributed by atoms with Crippen molar-refractivity contribution in [3.05, 3.63) is 59.6 Å². The van der Waals surface area contributed by atoms with Crippen LogP contribution in [0.3, 0.4) is 0 Å². The summed E-state index contributed by atoms with van der Waals surface area (Å²) in [6.07, 6.45) is 0. The van der Waals surface area contributed by atoms with Gasteiger partial charge in [0.25, 0.3) is 0 Å². The maximum atomic E-state index is 12.8. The molecule has 1 amide bonds. The van der Waals surface area contributed by atoms with Crippen molar-refractivity contribution in [1.82, 2.24) is 29.4 Å². The van der Waals surface area contributed by atoms with Crippen LogP contribution in [0, 0.1) is 0 Å². The smallest absolute Gasteiger partial charge is 0.243 e. The molecule has 1 aliphatic heterocycles. The van der Waals surface area contributed by atoms with E-state index in [1.54, 1.807) is 21.7 Å². The summed E-state index contributed by atoms with van der Waals surface area (Å²) in [6, 6.07) is 15.5. The number of carbonyl (C=O) groups is 1. The maximum absolute atomic E-state index is 12.8. The zero-order chi connectivity index (χ0) is 21.8. The number of thioether (sulfide) groups is 1. The summed E-state index contributed by atoms with van der Waals surface area (Å²) in [7, 11) is -3.61. The number of hydrogen-bond donors (Lipinski definition) is 0. The van der Waals surface area contributed by atoms with Crippen LogP contribution in [0.25, 0.3) is 5.69 Å². The molecule has 0 N–H and O–H groups in total. The van der Waals surface area contributed by atoms with Crippen molar-refractivity contribution in [3.8, 4) is 5.69 Å². The van der Waals surface area contributed by atoms with E-state index in [1.807, 2.05) is 30.3 Å². The summed E-state index contributed by atoms with van der Waals surface area (Å²) in [5.74, 6) is 0.0769. The summed E-state index contributed by atoms with van der Waals surface area (Å²) in [4.78, 5) is 14.5. The maximum Gasteiger partial charge on any atom is 0.243 e. The summed E-state index contributed by atoms with van der Waals surface area (Å²) in [6.45, 7) is 1.14. The second-order valence-corrected chi connectivity index (χ2v) is 10.1. The minimum atomic E-state index is -3.61. The Morgan fingerprint density at radius 3 is 2.35 bits per heavy atom. The first-order valence-corrected chi connectivity index (χ1v) is 12.3. The van der Waals surface area contributed by atoms with E-state index in [0.717, 1.165) is 5.69 Å². The number of halogens is 1. The van der Waals surface area contributed by atoms with E-state index in [4.69, 9.17) is 11.6 Å². The Kier molecular flexibility index (Phi) is 6.56. The van der Waals surface area contributed by atoms with Gasteiger partial charge in [0.1, 0.15) is 0 Å². The van der Waals surface area contributed by atoms with Gasteiger partial charge in [-0.05, 0) is 46.8 Å². The molecule has 0 aliphatic carbocycles. The summed E-state index contributed by atoms with van der Waals surface area (Å²) >= 11 is 7.09. The molecule has 1 saturated heterocycles. The first-order valence-electron chi connectivity index (χ1n) is 9.45. The molecular formula is C19H19ClN6O3S2. The molecule has 9 nitrogen and oxygen atoms in total. The largest absolute Gasteiger partial charge is 0.339 e. The third kappa shape index (κ3) is 4.90. The number of benzene rings is 2. The van der Waals surface area contributed by atoms with Crippen LogP contribution < -0.4 is 0 Å². The van der Waals surface area contributed by atoms with Gasteiger partial charge in [-0.25, -0.2) is 8.42 Å². The van der Waals surface area contributed by atoms with Crippen LogP contribution in [-0.4, -0.2) is 75.7 Å². The predicted molar refractivity (Wildman–Crippen MR) is 117 cm³/mol. The van der Waals surface area contributed by atoms with Crippen LogP contribution in [0.1, 0.15) is 0 Å². The number of piperazine rings is 1. The van der Waals surface area contributed by atoms with E-state index in [2.05, 4.69) is 15.5 Å². The number of rotatable bonds is 6. The van der Waals surface area contributed by atoms with Crippen LogP contribution in [-0.2, 0) is 14.8 Å². The van der Waals surface area contributed by atoms with Gasteiger partial charge >= 0.3 is 0 Å². The number of aromatic nitrogens is 4. The van der Waals surface area contributed by atoms with Crippen molar-refractivity contribution in [2.24, 2.45) is 0 Å². The first-order chi connectivity index (χ1) is 14.9. The Morgan fingerprint density at radius 2 is 1.68 bits per heavy atom. The van der Waals surface area contributed by atoms with Crippen molar-refractivity contribution in [1.29, 1.82) is 0 Å². The van der Waals surface area contributed by atoms with E-state index in [1.165, 1.54) is 28.2 Å². The molecule has 0 atom stereocenters. The van der Waals surface area contributed by atoms with Gasteiger partial charge in [-0.15, -0.1) is 5.10 Å². The highest BCUT2D eigenvalue weighted by Gasteiger charge is 2.30. The molecule has 12 heteroatoms. The number of nitrogens with zero attached hydrogens (tertiary/aromatic N) is 6. The lowest BCUT2D eigenvalue weighted by molar-refractivity contribution is -0.129. The number of para-hydroxylation sites is 1. The Hall–Kier alpha value is -2.47. The molecule has 31 heavy (non-hydrogen) atoms. The number of carbonyl (C=O) groups excluding carboxylic acids is 1. The standard InChI is InChI=1S/C19H19ClN6O3S2/c20-15-6-8-17(9-7-15)31(28,29)25-12-10-24(11-13-25)18(27)14-30-19-21-22-23-26(19)16-4-2-1-3-5-16/h1-9H,10-14H2. The van der Waals surface area contributed by atoms with Crippen molar-refractivity contribution in [3.63, 3.8) is 0 Å². The molecule has 1 aromatic heterocycles. The highest BCUT2D eigenvalue weighted by atomic mass is 35.5. The van der Waals surface area contributed by atoms with Crippen LogP contribution in [0.5, 0.6) is 0 Å². The first kappa shape index (κ1) is 21.8. The van der Waals surface area contributed by atoms with Gasteiger partial charge in [-0.2, -0.15) is 8.99 Å². The Labute approximate surface area is 189 Å². The van der Waals surface area contributed by atoms with Crippen LogP contribution in [0.15, 0.2) is 64.6 Å². The molecule has 162 valence electrons. The molecular weight excluding hydrogens is 460 g/mol. The quantitative estimate of drug-likeness (QED) is 0.499. The molecule has 1 aliphatic rings. The highest BCUT2D eigenvalue weighted by molar-refractivity contribution is 7.99. The van der Waals surface area contributed by atoms with Gasteiger partial charge in [-0.1, -0.05) is 41.6 Å². The van der Waals surface area contributed by atoms with Gasteiger partial charge in [0, 0.05) is 31.2 Å². The second-order valence-electron chi connectivity index (χ2n) is 6.74. The monoisotopic (exact) mass is 478 g/mol. The molecule has 4 rings (SSSR count). The predicted octanol–water partition coefficient (Wildman–Crippen LogP) is 1.94. The Bertz CT molecular complexity index is 1150. The average Bonchev–Trinajstić information content (AvgIpc) is 3.27. The molecule has 3 aromatic rings. The van der Waals surface area contributed by atoms with E-state index >= 15 is 0 Å². The van der Waals surface area contributed by atoms with Crippen LogP contribution >= 0.6 is 23.4 Å². The molecule has 0 saturated carbocycles. The molecule has 2 heterocycles. The van der Waals surface area contributed by atoms with Gasteiger partial charge in [0.2, 0.25) is 21.1 Å². The van der Waals surface area contributed by atoms with E-state index in [-0.39, 0.29) is 29.6 Å². The van der Waals surface area contributed by atoms with Crippen molar-refractivity contribution in [2.45, 2.75) is 10.1 Å². The summed E-state index contributed by atoms with van der Waals surface area (Å²) in [5.41, 5.74) is 0.809. The van der Waals surface area contributed by atoms with Crippen LogP contribution in [0.4, 0.5) is 0 Å². The Balaban J connectivity index is 1.33. The van der Waals surface area contributed by atoms with Gasteiger partial charge in [0.05, 0.1) is 16.3 Å². The normalized spacial score (nSPS) is 15.2. The lowest BCUT2D eigenvalue weighted by atomic mass is 10.3. The SMILES string of the molecule is O=C(CSc1nnnn1-c1ccccc1)N1CCN(S(=O)(=O)c2ccc(Cl)cc2)CC1. The third-order valence-electron chi connectivity index (χ3n) is 4.81. The lowest BCUT2D eigenvalue weighted by Gasteiger charge is -2.34. The summed E-state index contributed by atoms with van der Waals surface area (Å²) < 4.78 is 28.5. The molecule has 2 aromatic carbocycles. The molecule has 0 bridgehead atoms. The van der Waals surface area contributed by atoms with Gasteiger partial charge in [-0.3, -0.25) is 4.79 Å². The van der Waals surface area contributed by atoms with E-state index < -0.39 is 10.0 Å². The molecule has 1 fully saturated rings. The van der Waals surface area contributed by atoms with Crippen molar-refractivity contribution in [2.75, 3.05) is 31.9 Å². The average molecular weight is 479 g/mol. The lowest BCUT2D eigenvalue weighted by Crippen LogP contribution is -2.50. The number of sulfonamides is 1. The van der Waals surface area contributed by atoms with Crippen molar-refractivity contribution >= 4 is 39.3 Å². The molecule has 0 unspecified atom stereocenters. The fourth-order valence-corrected chi connectivity index (χ4v) is 5.49. The minimum Gasteiger partial charge on any atom is -0.339 e. The molecule has 0 radical (unpaired) electrons. The zero-order valence-electron chi connectivity index (χ0n) is 16.3. The number of hydrogen-bond acceptors (Lipinski definition) is 7. The highest BCUT2D eigenvalue weighted by Crippen LogP contribution is 2.21. The minimum absolute atomic E-state index is 0.0869. The van der Waals surface area contributed by atoms with Gasteiger partial charge < -0.3 is 4.90 Å². The van der Waals surface area contributed by atoms with Gasteiger partial charge in [0.15, 0.2) is 0 Å². The van der Waals surface area contributed by atoms with E-state index in [0.29, 0.717) is 23.3 Å². The number of amides is 1. The Morgan fingerprint density at radius 1 is 1.00 bits per heavy atom. The topological polar surface area (TPSA) is 101 Å². The zero-order valence-corrected chi connectivity index (χ0v) is 18.7. The van der Waals surface area contributed by atoms with E-state index in [9.17, 15) is 13.2 Å². The fraction of sp³-hybridized carbons (Fsp3) is 0.263.